The van der Waals surface area contributed by atoms with Gasteiger partial charge in [0.15, 0.2) is 0 Å². The number of carbonyl (C=O) groups excluding carboxylic acids is 1. The molecule has 0 bridgehead atoms. The zero-order chi connectivity index (χ0) is 12.2. The maximum absolute atomic E-state index is 12.2. The molecule has 1 amide bonds. The van der Waals surface area contributed by atoms with E-state index < -0.39 is 12.1 Å². The average Bonchev–Trinajstić information content (AvgIpc) is 2.67. The van der Waals surface area contributed by atoms with Crippen LogP contribution in [0.4, 0.5) is 13.2 Å². The lowest BCUT2D eigenvalue weighted by molar-refractivity contribution is -0.186. The first-order valence-electron chi connectivity index (χ1n) is 4.53. The molecule has 0 spiro atoms. The maximum atomic E-state index is 12.2. The Balaban J connectivity index is 2.71. The SMILES string of the molecule is NCCN(Cc1ccco1)C(=O)C(F)(F)F. The van der Waals surface area contributed by atoms with E-state index in [1.54, 1.807) is 0 Å². The number of hydrogen-bond acceptors (Lipinski definition) is 3. The Morgan fingerprint density at radius 1 is 1.50 bits per heavy atom. The van der Waals surface area contributed by atoms with Gasteiger partial charge in [-0.2, -0.15) is 13.2 Å². The molecule has 7 heteroatoms. The number of halogens is 3. The summed E-state index contributed by atoms with van der Waals surface area (Å²) in [6, 6.07) is 3.03. The Hall–Kier alpha value is -1.50. The minimum atomic E-state index is -4.89. The van der Waals surface area contributed by atoms with Gasteiger partial charge in [-0.3, -0.25) is 4.79 Å². The van der Waals surface area contributed by atoms with E-state index in [2.05, 4.69) is 0 Å². The molecule has 1 aromatic rings. The summed E-state index contributed by atoms with van der Waals surface area (Å²) in [6.45, 7) is -0.440. The van der Waals surface area contributed by atoms with Crippen LogP contribution in [-0.2, 0) is 11.3 Å². The Morgan fingerprint density at radius 3 is 2.62 bits per heavy atom. The van der Waals surface area contributed by atoms with E-state index >= 15 is 0 Å². The van der Waals surface area contributed by atoms with E-state index in [-0.39, 0.29) is 25.4 Å². The van der Waals surface area contributed by atoms with Crippen molar-refractivity contribution in [2.75, 3.05) is 13.1 Å². The molecular weight excluding hydrogens is 225 g/mol. The first-order chi connectivity index (χ1) is 7.45. The van der Waals surface area contributed by atoms with Gasteiger partial charge in [-0.1, -0.05) is 0 Å². The van der Waals surface area contributed by atoms with Crippen LogP contribution < -0.4 is 5.73 Å². The molecule has 0 aliphatic heterocycles. The first-order valence-corrected chi connectivity index (χ1v) is 4.53. The van der Waals surface area contributed by atoms with E-state index in [0.29, 0.717) is 4.90 Å². The number of amides is 1. The highest BCUT2D eigenvalue weighted by atomic mass is 19.4. The Kier molecular flexibility index (Phi) is 3.94. The molecule has 0 radical (unpaired) electrons. The zero-order valence-electron chi connectivity index (χ0n) is 8.33. The molecule has 0 aliphatic rings. The van der Waals surface area contributed by atoms with Crippen molar-refractivity contribution < 1.29 is 22.4 Å². The lowest BCUT2D eigenvalue weighted by atomic mass is 10.3. The van der Waals surface area contributed by atoms with Gasteiger partial charge in [-0.05, 0) is 12.1 Å². The molecule has 0 saturated carbocycles. The highest BCUT2D eigenvalue weighted by Crippen LogP contribution is 2.19. The van der Waals surface area contributed by atoms with Crippen LogP contribution in [0.1, 0.15) is 5.76 Å². The second kappa shape index (κ2) is 5.02. The fraction of sp³-hybridized carbons (Fsp3) is 0.444. The van der Waals surface area contributed by atoms with Crippen molar-refractivity contribution >= 4 is 5.91 Å². The summed E-state index contributed by atoms with van der Waals surface area (Å²) < 4.78 is 41.4. The molecule has 2 N–H and O–H groups in total. The summed E-state index contributed by atoms with van der Waals surface area (Å²) in [6.07, 6.45) is -3.56. The number of carbonyl (C=O) groups is 1. The third kappa shape index (κ3) is 3.27. The van der Waals surface area contributed by atoms with Crippen LogP contribution in [0, 0.1) is 0 Å². The topological polar surface area (TPSA) is 59.5 Å². The molecule has 4 nitrogen and oxygen atoms in total. The lowest BCUT2D eigenvalue weighted by Crippen LogP contribution is -2.42. The first kappa shape index (κ1) is 12.6. The Bertz CT molecular complexity index is 335. The van der Waals surface area contributed by atoms with Gasteiger partial charge in [0.2, 0.25) is 0 Å². The minimum absolute atomic E-state index is 0.0392. The van der Waals surface area contributed by atoms with Crippen molar-refractivity contribution in [3.63, 3.8) is 0 Å². The molecule has 0 aromatic carbocycles. The van der Waals surface area contributed by atoms with E-state index in [9.17, 15) is 18.0 Å². The normalized spacial score (nSPS) is 11.5. The molecule has 0 saturated heterocycles. The van der Waals surface area contributed by atoms with E-state index in [1.807, 2.05) is 0 Å². The molecule has 0 fully saturated rings. The number of hydrogen-bond donors (Lipinski definition) is 1. The highest BCUT2D eigenvalue weighted by molar-refractivity contribution is 5.81. The third-order valence-corrected chi connectivity index (χ3v) is 1.86. The molecule has 0 aliphatic carbocycles. The molecular formula is C9H11F3N2O2. The fourth-order valence-corrected chi connectivity index (χ4v) is 1.18. The number of nitrogens with two attached hydrogens (primary N) is 1. The van der Waals surface area contributed by atoms with Crippen molar-refractivity contribution in [2.45, 2.75) is 12.7 Å². The molecule has 1 aromatic heterocycles. The fourth-order valence-electron chi connectivity index (χ4n) is 1.18. The predicted octanol–water partition coefficient (Wildman–Crippen LogP) is 1.13. The summed E-state index contributed by atoms with van der Waals surface area (Å²) in [5.74, 6) is -1.62. The molecule has 1 heterocycles. The molecule has 90 valence electrons. The molecule has 0 atom stereocenters. The van der Waals surface area contributed by atoms with Gasteiger partial charge in [0.1, 0.15) is 5.76 Å². The van der Waals surface area contributed by atoms with Crippen LogP contribution >= 0.6 is 0 Å². The van der Waals surface area contributed by atoms with Gasteiger partial charge in [-0.25, -0.2) is 0 Å². The quantitative estimate of drug-likeness (QED) is 0.852. The van der Waals surface area contributed by atoms with Gasteiger partial charge in [-0.15, -0.1) is 0 Å². The van der Waals surface area contributed by atoms with Crippen molar-refractivity contribution in [1.82, 2.24) is 4.90 Å². The Morgan fingerprint density at radius 2 is 2.19 bits per heavy atom. The van der Waals surface area contributed by atoms with E-state index in [0.717, 1.165) is 0 Å². The molecule has 16 heavy (non-hydrogen) atoms. The minimum Gasteiger partial charge on any atom is -0.467 e. The van der Waals surface area contributed by atoms with Gasteiger partial charge in [0.25, 0.3) is 0 Å². The van der Waals surface area contributed by atoms with Crippen molar-refractivity contribution in [2.24, 2.45) is 5.73 Å². The monoisotopic (exact) mass is 236 g/mol. The molecule has 0 unspecified atom stereocenters. The smallest absolute Gasteiger partial charge is 0.467 e. The van der Waals surface area contributed by atoms with Gasteiger partial charge < -0.3 is 15.1 Å². The highest BCUT2D eigenvalue weighted by Gasteiger charge is 2.42. The molecule has 1 rings (SSSR count). The van der Waals surface area contributed by atoms with Crippen molar-refractivity contribution in [3.05, 3.63) is 24.2 Å². The van der Waals surface area contributed by atoms with Crippen LogP contribution in [0.15, 0.2) is 22.8 Å². The predicted molar refractivity (Wildman–Crippen MR) is 49.2 cm³/mol. The number of rotatable bonds is 4. The van der Waals surface area contributed by atoms with Crippen molar-refractivity contribution in [3.8, 4) is 0 Å². The van der Waals surface area contributed by atoms with Crippen LogP contribution in [0.5, 0.6) is 0 Å². The summed E-state index contributed by atoms with van der Waals surface area (Å²) >= 11 is 0. The largest absolute Gasteiger partial charge is 0.471 e. The maximum Gasteiger partial charge on any atom is 0.471 e. The Labute approximate surface area is 89.8 Å². The van der Waals surface area contributed by atoms with Crippen LogP contribution in [-0.4, -0.2) is 30.1 Å². The summed E-state index contributed by atoms with van der Waals surface area (Å²) in [4.78, 5) is 11.6. The van der Waals surface area contributed by atoms with Gasteiger partial charge in [0, 0.05) is 13.1 Å². The van der Waals surface area contributed by atoms with Crippen LogP contribution in [0.2, 0.25) is 0 Å². The second-order valence-electron chi connectivity index (χ2n) is 3.09. The van der Waals surface area contributed by atoms with Gasteiger partial charge in [0.05, 0.1) is 12.8 Å². The van der Waals surface area contributed by atoms with E-state index in [4.69, 9.17) is 10.2 Å². The lowest BCUT2D eigenvalue weighted by Gasteiger charge is -2.21. The van der Waals surface area contributed by atoms with Gasteiger partial charge >= 0.3 is 12.1 Å². The third-order valence-electron chi connectivity index (χ3n) is 1.86. The zero-order valence-corrected chi connectivity index (χ0v) is 8.33. The van der Waals surface area contributed by atoms with Crippen LogP contribution in [0.25, 0.3) is 0 Å². The number of alkyl halides is 3. The summed E-state index contributed by atoms with van der Waals surface area (Å²) in [5, 5.41) is 0. The van der Waals surface area contributed by atoms with Crippen LogP contribution in [0.3, 0.4) is 0 Å². The average molecular weight is 236 g/mol. The second-order valence-corrected chi connectivity index (χ2v) is 3.09. The number of furan rings is 1. The van der Waals surface area contributed by atoms with E-state index in [1.165, 1.54) is 18.4 Å². The van der Waals surface area contributed by atoms with Crippen molar-refractivity contribution in [1.29, 1.82) is 0 Å². The standard InChI is InChI=1S/C9H11F3N2O2/c10-9(11,12)8(15)14(4-3-13)6-7-2-1-5-16-7/h1-2,5H,3-4,6,13H2. The number of nitrogens with zero attached hydrogens (tertiary/aromatic N) is 1. The summed E-state index contributed by atoms with van der Waals surface area (Å²) in [5.41, 5.74) is 5.15. The summed E-state index contributed by atoms with van der Waals surface area (Å²) in [7, 11) is 0.